The minimum absolute atomic E-state index is 0.784. The smallest absolute Gasteiger partial charge is 0.0484 e. The number of hydrogen-bond donors (Lipinski definition) is 0. The van der Waals surface area contributed by atoms with Crippen LogP contribution in [0.1, 0.15) is 0 Å². The van der Waals surface area contributed by atoms with E-state index in [4.69, 9.17) is 11.6 Å². The molecule has 0 N–H and O–H groups in total. The molecule has 0 radical (unpaired) electrons. The summed E-state index contributed by atoms with van der Waals surface area (Å²) in [6, 6.07) is 14.3. The van der Waals surface area contributed by atoms with E-state index in [9.17, 15) is 0 Å². The SMILES string of the molecule is CSc1cc2cnccc2cc1-c1ccccc1Cl. The number of benzene rings is 2. The van der Waals surface area contributed by atoms with Gasteiger partial charge in [0.2, 0.25) is 0 Å². The molecule has 0 aliphatic rings. The van der Waals surface area contributed by atoms with Gasteiger partial charge >= 0.3 is 0 Å². The van der Waals surface area contributed by atoms with E-state index < -0.39 is 0 Å². The summed E-state index contributed by atoms with van der Waals surface area (Å²) in [4.78, 5) is 5.39. The third-order valence-electron chi connectivity index (χ3n) is 3.12. The Kier molecular flexibility index (Phi) is 3.45. The quantitative estimate of drug-likeness (QED) is 0.594. The van der Waals surface area contributed by atoms with Gasteiger partial charge in [0, 0.05) is 33.3 Å². The molecule has 94 valence electrons. The van der Waals surface area contributed by atoms with Gasteiger partial charge in [-0.15, -0.1) is 11.8 Å². The summed E-state index contributed by atoms with van der Waals surface area (Å²) in [5.74, 6) is 0. The number of rotatable bonds is 2. The normalized spacial score (nSPS) is 10.8. The monoisotopic (exact) mass is 285 g/mol. The van der Waals surface area contributed by atoms with E-state index in [0.717, 1.165) is 16.0 Å². The molecule has 3 heteroatoms. The molecule has 0 bridgehead atoms. The minimum Gasteiger partial charge on any atom is -0.264 e. The van der Waals surface area contributed by atoms with Gasteiger partial charge in [-0.1, -0.05) is 29.8 Å². The Hall–Kier alpha value is -1.51. The number of halogens is 1. The van der Waals surface area contributed by atoms with Crippen LogP contribution < -0.4 is 0 Å². The van der Waals surface area contributed by atoms with Gasteiger partial charge in [0.25, 0.3) is 0 Å². The predicted octanol–water partition coefficient (Wildman–Crippen LogP) is 5.28. The van der Waals surface area contributed by atoms with Gasteiger partial charge in [-0.2, -0.15) is 0 Å². The molecule has 0 spiro atoms. The fourth-order valence-corrected chi connectivity index (χ4v) is 3.05. The molecule has 2 aromatic carbocycles. The average Bonchev–Trinajstić information content (AvgIpc) is 2.46. The fraction of sp³-hybridized carbons (Fsp3) is 0.0625. The Morgan fingerprint density at radius 2 is 1.84 bits per heavy atom. The molecule has 0 amide bonds. The summed E-state index contributed by atoms with van der Waals surface area (Å²) in [7, 11) is 0. The molecule has 19 heavy (non-hydrogen) atoms. The van der Waals surface area contributed by atoms with Crippen LogP contribution in [0.5, 0.6) is 0 Å². The Bertz CT molecular complexity index is 740. The molecule has 0 fully saturated rings. The molecule has 1 nitrogen and oxygen atoms in total. The molecule has 0 aliphatic heterocycles. The van der Waals surface area contributed by atoms with Gasteiger partial charge < -0.3 is 0 Å². The van der Waals surface area contributed by atoms with Crippen molar-refractivity contribution in [2.75, 3.05) is 6.26 Å². The zero-order valence-electron chi connectivity index (χ0n) is 10.4. The van der Waals surface area contributed by atoms with Crippen LogP contribution in [0.15, 0.2) is 59.8 Å². The van der Waals surface area contributed by atoms with Gasteiger partial charge in [0.05, 0.1) is 0 Å². The lowest BCUT2D eigenvalue weighted by Gasteiger charge is -2.11. The summed E-state index contributed by atoms with van der Waals surface area (Å²) in [6.45, 7) is 0. The fourth-order valence-electron chi connectivity index (χ4n) is 2.17. The van der Waals surface area contributed by atoms with Crippen LogP contribution in [0.3, 0.4) is 0 Å². The first kappa shape index (κ1) is 12.5. The standard InChI is InChI=1S/C16H12ClNS/c1-19-16-9-12-10-18-7-6-11(12)8-14(16)13-4-2-3-5-15(13)17/h2-10H,1H3. The van der Waals surface area contributed by atoms with Crippen molar-refractivity contribution < 1.29 is 0 Å². The van der Waals surface area contributed by atoms with E-state index in [1.165, 1.54) is 15.8 Å². The van der Waals surface area contributed by atoms with Crippen molar-refractivity contribution in [3.05, 3.63) is 59.9 Å². The maximum absolute atomic E-state index is 6.32. The molecule has 0 saturated heterocycles. The van der Waals surface area contributed by atoms with Gasteiger partial charge in [-0.25, -0.2) is 0 Å². The third kappa shape index (κ3) is 2.34. The number of fused-ring (bicyclic) bond motifs is 1. The van der Waals surface area contributed by atoms with Crippen LogP contribution in [-0.4, -0.2) is 11.2 Å². The second-order valence-corrected chi connectivity index (χ2v) is 5.51. The number of nitrogens with zero attached hydrogens (tertiary/aromatic N) is 1. The zero-order chi connectivity index (χ0) is 13.2. The Morgan fingerprint density at radius 1 is 1.00 bits per heavy atom. The van der Waals surface area contributed by atoms with Crippen LogP contribution in [0, 0.1) is 0 Å². The van der Waals surface area contributed by atoms with Crippen LogP contribution in [0.4, 0.5) is 0 Å². The molecular weight excluding hydrogens is 274 g/mol. The average molecular weight is 286 g/mol. The van der Waals surface area contributed by atoms with E-state index in [1.54, 1.807) is 11.8 Å². The molecule has 0 aliphatic carbocycles. The van der Waals surface area contributed by atoms with Crippen LogP contribution in [0.2, 0.25) is 5.02 Å². The van der Waals surface area contributed by atoms with E-state index in [2.05, 4.69) is 29.4 Å². The first-order valence-electron chi connectivity index (χ1n) is 5.96. The molecule has 3 aromatic rings. The van der Waals surface area contributed by atoms with Crippen molar-refractivity contribution in [1.29, 1.82) is 0 Å². The highest BCUT2D eigenvalue weighted by Crippen LogP contribution is 2.37. The summed E-state index contributed by atoms with van der Waals surface area (Å²) < 4.78 is 0. The number of hydrogen-bond acceptors (Lipinski definition) is 2. The van der Waals surface area contributed by atoms with Crippen molar-refractivity contribution in [3.63, 3.8) is 0 Å². The van der Waals surface area contributed by atoms with E-state index in [1.807, 2.05) is 36.7 Å². The van der Waals surface area contributed by atoms with Crippen LogP contribution in [0.25, 0.3) is 21.9 Å². The highest BCUT2D eigenvalue weighted by Gasteiger charge is 2.09. The topological polar surface area (TPSA) is 12.9 Å². The molecule has 1 aromatic heterocycles. The minimum atomic E-state index is 0.784. The third-order valence-corrected chi connectivity index (χ3v) is 4.23. The van der Waals surface area contributed by atoms with E-state index in [0.29, 0.717) is 0 Å². The largest absolute Gasteiger partial charge is 0.264 e. The van der Waals surface area contributed by atoms with E-state index in [-0.39, 0.29) is 0 Å². The number of thioether (sulfide) groups is 1. The summed E-state index contributed by atoms with van der Waals surface area (Å²) >= 11 is 8.04. The molecule has 1 heterocycles. The molecule has 0 unspecified atom stereocenters. The van der Waals surface area contributed by atoms with Gasteiger partial charge in [0.15, 0.2) is 0 Å². The highest BCUT2D eigenvalue weighted by atomic mass is 35.5. The summed E-state index contributed by atoms with van der Waals surface area (Å²) in [5.41, 5.74) is 2.25. The predicted molar refractivity (Wildman–Crippen MR) is 84.0 cm³/mol. The number of aromatic nitrogens is 1. The first-order chi connectivity index (χ1) is 9.29. The number of pyridine rings is 1. The van der Waals surface area contributed by atoms with Gasteiger partial charge in [0.1, 0.15) is 0 Å². The first-order valence-corrected chi connectivity index (χ1v) is 7.56. The Labute approximate surface area is 121 Å². The summed E-state index contributed by atoms with van der Waals surface area (Å²) in [6.07, 6.45) is 5.79. The van der Waals surface area contributed by atoms with Crippen LogP contribution in [-0.2, 0) is 0 Å². The maximum atomic E-state index is 6.32. The Morgan fingerprint density at radius 3 is 2.63 bits per heavy atom. The highest BCUT2D eigenvalue weighted by molar-refractivity contribution is 7.98. The van der Waals surface area contributed by atoms with Gasteiger partial charge in [-0.05, 0) is 41.5 Å². The van der Waals surface area contributed by atoms with Gasteiger partial charge in [-0.3, -0.25) is 4.98 Å². The van der Waals surface area contributed by atoms with Crippen molar-refractivity contribution >= 4 is 34.1 Å². The van der Waals surface area contributed by atoms with E-state index >= 15 is 0 Å². The molecule has 0 saturated carbocycles. The van der Waals surface area contributed by atoms with Crippen molar-refractivity contribution in [2.45, 2.75) is 4.90 Å². The lowest BCUT2D eigenvalue weighted by Crippen LogP contribution is -1.85. The second-order valence-electron chi connectivity index (χ2n) is 4.26. The van der Waals surface area contributed by atoms with Crippen LogP contribution >= 0.6 is 23.4 Å². The Balaban J connectivity index is 2.31. The van der Waals surface area contributed by atoms with Crippen molar-refractivity contribution in [2.24, 2.45) is 0 Å². The summed E-state index contributed by atoms with van der Waals surface area (Å²) in [5, 5.41) is 3.12. The molecule has 3 rings (SSSR count). The van der Waals surface area contributed by atoms with Crippen molar-refractivity contribution in [1.82, 2.24) is 4.98 Å². The van der Waals surface area contributed by atoms with Crippen molar-refractivity contribution in [3.8, 4) is 11.1 Å². The maximum Gasteiger partial charge on any atom is 0.0484 e. The molecular formula is C16H12ClNS. The lowest BCUT2D eigenvalue weighted by atomic mass is 10.0. The zero-order valence-corrected chi connectivity index (χ0v) is 12.0. The lowest BCUT2D eigenvalue weighted by molar-refractivity contribution is 1.35. The second kappa shape index (κ2) is 5.24. The molecule has 0 atom stereocenters.